The van der Waals surface area contributed by atoms with Crippen LogP contribution in [-0.2, 0) is 9.53 Å². The van der Waals surface area contributed by atoms with Crippen LogP contribution in [0.5, 0.6) is 11.5 Å². The molecule has 5 nitrogen and oxygen atoms in total. The van der Waals surface area contributed by atoms with Crippen molar-refractivity contribution in [1.29, 1.82) is 0 Å². The number of carbonyl (C=O) groups is 1. The van der Waals surface area contributed by atoms with Crippen molar-refractivity contribution in [3.05, 3.63) is 22.2 Å². The van der Waals surface area contributed by atoms with Crippen LogP contribution in [0.1, 0.15) is 37.3 Å². The predicted octanol–water partition coefficient (Wildman–Crippen LogP) is 2.92. The van der Waals surface area contributed by atoms with Crippen LogP contribution in [0.2, 0.25) is 0 Å². The van der Waals surface area contributed by atoms with Gasteiger partial charge in [0.25, 0.3) is 0 Å². The van der Waals surface area contributed by atoms with Crippen molar-refractivity contribution in [2.75, 3.05) is 13.9 Å². The van der Waals surface area contributed by atoms with Crippen LogP contribution in [0, 0.1) is 0 Å². The summed E-state index contributed by atoms with van der Waals surface area (Å²) in [6.45, 7) is 0.205. The third-order valence-corrected chi connectivity index (χ3v) is 4.57. The number of ether oxygens (including phenoxy) is 3. The van der Waals surface area contributed by atoms with E-state index < -0.39 is 6.04 Å². The Hall–Kier alpha value is -1.27. The van der Waals surface area contributed by atoms with Crippen molar-refractivity contribution in [3.63, 3.8) is 0 Å². The molecule has 0 bridgehead atoms. The van der Waals surface area contributed by atoms with E-state index in [0.29, 0.717) is 17.5 Å². The fourth-order valence-corrected chi connectivity index (χ4v) is 3.47. The number of nitrogens with one attached hydrogen (secondary N) is 1. The lowest BCUT2D eigenvalue weighted by Gasteiger charge is -2.21. The number of hydrogen-bond acceptors (Lipinski definition) is 5. The summed E-state index contributed by atoms with van der Waals surface area (Å²) < 4.78 is 16.5. The first-order chi connectivity index (χ1) is 10.2. The standard InChI is InChI=1S/C15H18BrNO4/c1-19-15(18)13(17-10-4-2-3-5-10)9-6-11(16)14-12(7-9)20-8-21-14/h6-7,10,13,17H,2-5,8H2,1H3. The molecular weight excluding hydrogens is 338 g/mol. The summed E-state index contributed by atoms with van der Waals surface area (Å²) >= 11 is 3.47. The van der Waals surface area contributed by atoms with E-state index in [1.54, 1.807) is 0 Å². The lowest BCUT2D eigenvalue weighted by molar-refractivity contribution is -0.143. The Bertz CT molecular complexity index is 543. The molecule has 1 fully saturated rings. The van der Waals surface area contributed by atoms with Gasteiger partial charge < -0.3 is 14.2 Å². The molecule has 114 valence electrons. The number of halogens is 1. The average molecular weight is 356 g/mol. The molecular formula is C15H18BrNO4. The van der Waals surface area contributed by atoms with E-state index >= 15 is 0 Å². The molecule has 0 amide bonds. The van der Waals surface area contributed by atoms with Crippen molar-refractivity contribution in [2.24, 2.45) is 0 Å². The summed E-state index contributed by atoms with van der Waals surface area (Å²) in [5, 5.41) is 3.41. The molecule has 1 saturated carbocycles. The molecule has 1 aromatic rings. The van der Waals surface area contributed by atoms with E-state index in [4.69, 9.17) is 14.2 Å². The van der Waals surface area contributed by atoms with E-state index in [1.165, 1.54) is 20.0 Å². The molecule has 6 heteroatoms. The minimum absolute atomic E-state index is 0.205. The minimum Gasteiger partial charge on any atom is -0.468 e. The summed E-state index contributed by atoms with van der Waals surface area (Å²) in [5.74, 6) is 1.05. The van der Waals surface area contributed by atoms with Gasteiger partial charge in [0.15, 0.2) is 11.5 Å². The molecule has 1 aliphatic heterocycles. The highest BCUT2D eigenvalue weighted by Crippen LogP contribution is 2.41. The topological polar surface area (TPSA) is 56.8 Å². The lowest BCUT2D eigenvalue weighted by atomic mass is 10.0. The van der Waals surface area contributed by atoms with Crippen molar-refractivity contribution in [1.82, 2.24) is 5.32 Å². The van der Waals surface area contributed by atoms with Gasteiger partial charge in [-0.05, 0) is 46.5 Å². The maximum absolute atomic E-state index is 12.1. The van der Waals surface area contributed by atoms with Gasteiger partial charge in [0, 0.05) is 6.04 Å². The zero-order valence-electron chi connectivity index (χ0n) is 11.9. The number of hydrogen-bond donors (Lipinski definition) is 1. The van der Waals surface area contributed by atoms with E-state index in [2.05, 4.69) is 21.2 Å². The lowest BCUT2D eigenvalue weighted by Crippen LogP contribution is -2.36. The Balaban J connectivity index is 1.88. The number of carbonyl (C=O) groups excluding carboxylic acids is 1. The highest BCUT2D eigenvalue weighted by molar-refractivity contribution is 9.10. The van der Waals surface area contributed by atoms with Crippen molar-refractivity contribution < 1.29 is 19.0 Å². The molecule has 2 aliphatic rings. The first kappa shape index (κ1) is 14.7. The van der Waals surface area contributed by atoms with E-state index in [0.717, 1.165) is 22.9 Å². The maximum atomic E-state index is 12.1. The summed E-state index contributed by atoms with van der Waals surface area (Å²) in [6.07, 6.45) is 4.60. The quantitative estimate of drug-likeness (QED) is 0.841. The fourth-order valence-electron chi connectivity index (χ4n) is 2.90. The molecule has 1 aromatic carbocycles. The number of methoxy groups -OCH3 is 1. The Morgan fingerprint density at radius 2 is 2.14 bits per heavy atom. The molecule has 3 rings (SSSR count). The van der Waals surface area contributed by atoms with Gasteiger partial charge in [-0.1, -0.05) is 12.8 Å². The van der Waals surface area contributed by atoms with Crippen LogP contribution in [0.4, 0.5) is 0 Å². The normalized spacial score (nSPS) is 18.8. The molecule has 0 aromatic heterocycles. The van der Waals surface area contributed by atoms with Gasteiger partial charge in [0.05, 0.1) is 11.6 Å². The number of fused-ring (bicyclic) bond motifs is 1. The second-order valence-electron chi connectivity index (χ2n) is 5.34. The van der Waals surface area contributed by atoms with Gasteiger partial charge in [0.1, 0.15) is 6.04 Å². The van der Waals surface area contributed by atoms with Gasteiger partial charge in [-0.15, -0.1) is 0 Å². The molecule has 1 heterocycles. The molecule has 0 radical (unpaired) electrons. The van der Waals surface area contributed by atoms with Crippen LogP contribution < -0.4 is 14.8 Å². The third-order valence-electron chi connectivity index (χ3n) is 3.98. The molecule has 1 N–H and O–H groups in total. The van der Waals surface area contributed by atoms with Gasteiger partial charge >= 0.3 is 5.97 Å². The van der Waals surface area contributed by atoms with Crippen LogP contribution >= 0.6 is 15.9 Å². The predicted molar refractivity (Wildman–Crippen MR) is 80.4 cm³/mol. The summed E-state index contributed by atoms with van der Waals surface area (Å²) in [6, 6.07) is 3.61. The SMILES string of the molecule is COC(=O)C(NC1CCCC1)c1cc(Br)c2c(c1)OCO2. The van der Waals surface area contributed by atoms with Gasteiger partial charge in [-0.2, -0.15) is 0 Å². The summed E-state index contributed by atoms with van der Waals surface area (Å²) in [7, 11) is 1.41. The highest BCUT2D eigenvalue weighted by Gasteiger charge is 2.29. The Kier molecular flexibility index (Phi) is 4.35. The summed E-state index contributed by atoms with van der Waals surface area (Å²) in [4.78, 5) is 12.1. The van der Waals surface area contributed by atoms with E-state index in [1.807, 2.05) is 12.1 Å². The van der Waals surface area contributed by atoms with Gasteiger partial charge in [-0.25, -0.2) is 4.79 Å². The smallest absolute Gasteiger partial charge is 0.327 e. The molecule has 1 atom stereocenters. The van der Waals surface area contributed by atoms with Crippen LogP contribution in [0.3, 0.4) is 0 Å². The van der Waals surface area contributed by atoms with Crippen LogP contribution in [0.15, 0.2) is 16.6 Å². The average Bonchev–Trinajstić information content (AvgIpc) is 3.14. The fraction of sp³-hybridized carbons (Fsp3) is 0.533. The van der Waals surface area contributed by atoms with E-state index in [9.17, 15) is 4.79 Å². The molecule has 0 saturated heterocycles. The zero-order valence-corrected chi connectivity index (χ0v) is 13.4. The van der Waals surface area contributed by atoms with Crippen molar-refractivity contribution >= 4 is 21.9 Å². The Labute approximate surface area is 132 Å². The molecule has 21 heavy (non-hydrogen) atoms. The zero-order chi connectivity index (χ0) is 14.8. The molecule has 1 aliphatic carbocycles. The number of benzene rings is 1. The van der Waals surface area contributed by atoms with Gasteiger partial charge in [0.2, 0.25) is 6.79 Å². The van der Waals surface area contributed by atoms with Crippen LogP contribution in [0.25, 0.3) is 0 Å². The first-order valence-corrected chi connectivity index (χ1v) is 7.91. The van der Waals surface area contributed by atoms with Crippen molar-refractivity contribution in [2.45, 2.75) is 37.8 Å². The minimum atomic E-state index is -0.483. The van der Waals surface area contributed by atoms with E-state index in [-0.39, 0.29) is 12.8 Å². The number of rotatable bonds is 4. The Morgan fingerprint density at radius 1 is 1.38 bits per heavy atom. The second-order valence-corrected chi connectivity index (χ2v) is 6.20. The van der Waals surface area contributed by atoms with Gasteiger partial charge in [-0.3, -0.25) is 5.32 Å². The van der Waals surface area contributed by atoms with Crippen molar-refractivity contribution in [3.8, 4) is 11.5 Å². The van der Waals surface area contributed by atoms with Crippen LogP contribution in [-0.4, -0.2) is 25.9 Å². The maximum Gasteiger partial charge on any atom is 0.327 e. The largest absolute Gasteiger partial charge is 0.468 e. The summed E-state index contributed by atoms with van der Waals surface area (Å²) in [5.41, 5.74) is 0.824. The first-order valence-electron chi connectivity index (χ1n) is 7.12. The second kappa shape index (κ2) is 6.23. The third kappa shape index (κ3) is 3.01. The number of esters is 1. The molecule has 0 spiro atoms. The highest BCUT2D eigenvalue weighted by atomic mass is 79.9. The monoisotopic (exact) mass is 355 g/mol. The Morgan fingerprint density at radius 3 is 2.86 bits per heavy atom. The molecule has 1 unspecified atom stereocenters.